The topological polar surface area (TPSA) is 69.2 Å². The first-order valence-corrected chi connectivity index (χ1v) is 6.36. The minimum absolute atomic E-state index is 0.00378. The SMILES string of the molecule is COc1nc(NC(C)c2ccc(Cl)cc2)nc(OC)n1. The fourth-order valence-electron chi connectivity index (χ4n) is 1.61. The van der Waals surface area contributed by atoms with Gasteiger partial charge in [-0.15, -0.1) is 4.98 Å². The molecule has 0 aliphatic carbocycles. The van der Waals surface area contributed by atoms with Gasteiger partial charge < -0.3 is 14.8 Å². The molecule has 1 aromatic heterocycles. The van der Waals surface area contributed by atoms with Crippen LogP contribution < -0.4 is 14.8 Å². The minimum Gasteiger partial charge on any atom is -0.467 e. The molecule has 2 rings (SSSR count). The molecule has 0 aliphatic rings. The van der Waals surface area contributed by atoms with Crippen LogP contribution >= 0.6 is 11.6 Å². The van der Waals surface area contributed by atoms with E-state index in [-0.39, 0.29) is 18.1 Å². The standard InChI is InChI=1S/C13H15ClN4O2/c1-8(9-4-6-10(14)7-5-9)15-11-16-12(19-2)18-13(17-11)20-3/h4-8H,1-3H3,(H,15,16,17,18). The van der Waals surface area contributed by atoms with E-state index in [0.29, 0.717) is 11.0 Å². The summed E-state index contributed by atoms with van der Waals surface area (Å²) in [6.45, 7) is 1.99. The lowest BCUT2D eigenvalue weighted by Gasteiger charge is -2.14. The number of anilines is 1. The summed E-state index contributed by atoms with van der Waals surface area (Å²) < 4.78 is 10.0. The molecule has 0 saturated carbocycles. The predicted octanol–water partition coefficient (Wildman–Crippen LogP) is 2.72. The molecular weight excluding hydrogens is 280 g/mol. The Kier molecular flexibility index (Phi) is 4.57. The maximum atomic E-state index is 5.87. The van der Waals surface area contributed by atoms with Crippen LogP contribution in [-0.4, -0.2) is 29.2 Å². The summed E-state index contributed by atoms with van der Waals surface area (Å²) in [7, 11) is 2.97. The first kappa shape index (κ1) is 14.3. The number of hydrogen-bond acceptors (Lipinski definition) is 6. The molecule has 106 valence electrons. The Labute approximate surface area is 122 Å². The van der Waals surface area contributed by atoms with Gasteiger partial charge in [-0.2, -0.15) is 9.97 Å². The summed E-state index contributed by atoms with van der Waals surface area (Å²) >= 11 is 5.87. The number of hydrogen-bond donors (Lipinski definition) is 1. The monoisotopic (exact) mass is 294 g/mol. The lowest BCUT2D eigenvalue weighted by molar-refractivity contribution is 0.341. The zero-order chi connectivity index (χ0) is 14.5. The normalized spacial score (nSPS) is 11.8. The molecular formula is C13H15ClN4O2. The van der Waals surface area contributed by atoms with Gasteiger partial charge in [-0.05, 0) is 24.6 Å². The summed E-state index contributed by atoms with van der Waals surface area (Å²) in [5.74, 6) is 0.385. The largest absolute Gasteiger partial charge is 0.467 e. The molecule has 6 nitrogen and oxygen atoms in total. The summed E-state index contributed by atoms with van der Waals surface area (Å²) in [6.07, 6.45) is 0. The predicted molar refractivity (Wildman–Crippen MR) is 76.4 cm³/mol. The molecule has 20 heavy (non-hydrogen) atoms. The van der Waals surface area contributed by atoms with E-state index in [1.54, 1.807) is 0 Å². The number of rotatable bonds is 5. The fourth-order valence-corrected chi connectivity index (χ4v) is 1.74. The smallest absolute Gasteiger partial charge is 0.324 e. The van der Waals surface area contributed by atoms with Crippen molar-refractivity contribution in [2.75, 3.05) is 19.5 Å². The second-order valence-corrected chi connectivity index (χ2v) is 4.49. The van der Waals surface area contributed by atoms with E-state index in [0.717, 1.165) is 5.56 Å². The third-order valence-electron chi connectivity index (χ3n) is 2.68. The Bertz CT molecular complexity index is 555. The van der Waals surface area contributed by atoms with Crippen molar-refractivity contribution in [3.63, 3.8) is 0 Å². The van der Waals surface area contributed by atoms with E-state index in [4.69, 9.17) is 21.1 Å². The van der Waals surface area contributed by atoms with Crippen LogP contribution in [0.3, 0.4) is 0 Å². The number of aromatic nitrogens is 3. The lowest BCUT2D eigenvalue weighted by atomic mass is 10.1. The molecule has 0 bridgehead atoms. The van der Waals surface area contributed by atoms with Crippen LogP contribution in [0.2, 0.25) is 5.02 Å². The molecule has 1 aromatic carbocycles. The van der Waals surface area contributed by atoms with Crippen molar-refractivity contribution in [2.24, 2.45) is 0 Å². The molecule has 1 N–H and O–H groups in total. The molecule has 0 amide bonds. The van der Waals surface area contributed by atoms with Gasteiger partial charge in [-0.3, -0.25) is 0 Å². The van der Waals surface area contributed by atoms with Gasteiger partial charge >= 0.3 is 12.0 Å². The number of nitrogens with zero attached hydrogens (tertiary/aromatic N) is 3. The fraction of sp³-hybridized carbons (Fsp3) is 0.308. The average Bonchev–Trinajstić information content (AvgIpc) is 2.47. The van der Waals surface area contributed by atoms with E-state index in [1.165, 1.54) is 14.2 Å². The van der Waals surface area contributed by atoms with E-state index in [9.17, 15) is 0 Å². The van der Waals surface area contributed by atoms with Gasteiger partial charge in [0.25, 0.3) is 0 Å². The summed E-state index contributed by atoms with van der Waals surface area (Å²) in [5.41, 5.74) is 1.06. The minimum atomic E-state index is 0.00378. The van der Waals surface area contributed by atoms with Crippen molar-refractivity contribution in [3.05, 3.63) is 34.9 Å². The highest BCUT2D eigenvalue weighted by Gasteiger charge is 2.11. The second-order valence-electron chi connectivity index (χ2n) is 4.05. The van der Waals surface area contributed by atoms with E-state index >= 15 is 0 Å². The maximum absolute atomic E-state index is 5.87. The Hall–Kier alpha value is -2.08. The zero-order valence-corrected chi connectivity index (χ0v) is 12.2. The van der Waals surface area contributed by atoms with Crippen molar-refractivity contribution in [3.8, 4) is 12.0 Å². The van der Waals surface area contributed by atoms with E-state index in [2.05, 4.69) is 20.3 Å². The second kappa shape index (κ2) is 6.38. The molecule has 2 aromatic rings. The van der Waals surface area contributed by atoms with Crippen molar-refractivity contribution >= 4 is 17.5 Å². The van der Waals surface area contributed by atoms with Crippen LogP contribution in [0.1, 0.15) is 18.5 Å². The molecule has 0 spiro atoms. The van der Waals surface area contributed by atoms with Crippen molar-refractivity contribution in [1.82, 2.24) is 15.0 Å². The van der Waals surface area contributed by atoms with Crippen LogP contribution in [-0.2, 0) is 0 Å². The Balaban J connectivity index is 2.18. The van der Waals surface area contributed by atoms with Gasteiger partial charge in [0.1, 0.15) is 0 Å². The van der Waals surface area contributed by atoms with Crippen molar-refractivity contribution in [1.29, 1.82) is 0 Å². The maximum Gasteiger partial charge on any atom is 0.324 e. The third-order valence-corrected chi connectivity index (χ3v) is 2.93. The lowest BCUT2D eigenvalue weighted by Crippen LogP contribution is -2.11. The molecule has 0 radical (unpaired) electrons. The Morgan fingerprint density at radius 1 is 1.00 bits per heavy atom. The van der Waals surface area contributed by atoms with Gasteiger partial charge in [0.05, 0.1) is 20.3 Å². The average molecular weight is 295 g/mol. The highest BCUT2D eigenvalue weighted by atomic mass is 35.5. The molecule has 1 unspecified atom stereocenters. The van der Waals surface area contributed by atoms with Crippen molar-refractivity contribution in [2.45, 2.75) is 13.0 Å². The van der Waals surface area contributed by atoms with E-state index in [1.807, 2.05) is 31.2 Å². The molecule has 1 atom stereocenters. The number of benzene rings is 1. The van der Waals surface area contributed by atoms with Gasteiger partial charge in [0.2, 0.25) is 5.95 Å². The number of methoxy groups -OCH3 is 2. The van der Waals surface area contributed by atoms with Gasteiger partial charge in [0.15, 0.2) is 0 Å². The molecule has 0 fully saturated rings. The zero-order valence-electron chi connectivity index (χ0n) is 11.4. The van der Waals surface area contributed by atoms with Crippen LogP contribution in [0.5, 0.6) is 12.0 Å². The molecule has 0 aliphatic heterocycles. The Morgan fingerprint density at radius 3 is 2.05 bits per heavy atom. The summed E-state index contributed by atoms with van der Waals surface area (Å²) in [5, 5.41) is 3.86. The Morgan fingerprint density at radius 2 is 1.55 bits per heavy atom. The first-order valence-electron chi connectivity index (χ1n) is 5.98. The number of halogens is 1. The van der Waals surface area contributed by atoms with Crippen LogP contribution in [0, 0.1) is 0 Å². The van der Waals surface area contributed by atoms with E-state index < -0.39 is 0 Å². The number of ether oxygens (including phenoxy) is 2. The molecule has 7 heteroatoms. The van der Waals surface area contributed by atoms with Gasteiger partial charge in [-0.1, -0.05) is 23.7 Å². The summed E-state index contributed by atoms with van der Waals surface area (Å²) in [6, 6.07) is 7.95. The molecule has 0 saturated heterocycles. The van der Waals surface area contributed by atoms with Crippen LogP contribution in [0.15, 0.2) is 24.3 Å². The highest BCUT2D eigenvalue weighted by Crippen LogP contribution is 2.20. The number of nitrogens with one attached hydrogen (secondary N) is 1. The van der Waals surface area contributed by atoms with Crippen LogP contribution in [0.4, 0.5) is 5.95 Å². The van der Waals surface area contributed by atoms with Crippen LogP contribution in [0.25, 0.3) is 0 Å². The quantitative estimate of drug-likeness (QED) is 0.914. The van der Waals surface area contributed by atoms with Gasteiger partial charge in [0, 0.05) is 5.02 Å². The third kappa shape index (κ3) is 3.48. The molecule has 1 heterocycles. The highest BCUT2D eigenvalue weighted by molar-refractivity contribution is 6.30. The first-order chi connectivity index (χ1) is 9.62. The summed E-state index contributed by atoms with van der Waals surface area (Å²) in [4.78, 5) is 12.2. The van der Waals surface area contributed by atoms with Crippen molar-refractivity contribution < 1.29 is 9.47 Å². The van der Waals surface area contributed by atoms with Gasteiger partial charge in [-0.25, -0.2) is 0 Å².